The van der Waals surface area contributed by atoms with Gasteiger partial charge in [0.15, 0.2) is 0 Å². The molecular weight excluding hydrogens is 739 g/mol. The molecule has 0 bridgehead atoms. The molecule has 0 aromatic carbocycles. The molecule has 14 atom stereocenters. The summed E-state index contributed by atoms with van der Waals surface area (Å²) in [5.74, 6) is -2.66. The lowest BCUT2D eigenvalue weighted by atomic mass is 9.77. The van der Waals surface area contributed by atoms with E-state index in [1.165, 1.54) is 4.90 Å². The molecule has 1 saturated carbocycles. The smallest absolute Gasteiger partial charge is 0.329 e. The number of esters is 1. The van der Waals surface area contributed by atoms with Gasteiger partial charge in [-0.15, -0.1) is 6.58 Å². The number of aliphatic hydroxyl groups is 3. The summed E-state index contributed by atoms with van der Waals surface area (Å²) >= 11 is 0. The first-order chi connectivity index (χ1) is 27.3. The minimum atomic E-state index is -1.62. The Kier molecular flexibility index (Phi) is 19.5. The number of rotatable bonds is 7. The van der Waals surface area contributed by atoms with Crippen LogP contribution in [0, 0.1) is 35.5 Å². The highest BCUT2D eigenvalue weighted by Crippen LogP contribution is 2.36. The molecule has 2 heterocycles. The van der Waals surface area contributed by atoms with Crippen molar-refractivity contribution in [3.63, 3.8) is 0 Å². The zero-order valence-electron chi connectivity index (χ0n) is 37.3. The summed E-state index contributed by atoms with van der Waals surface area (Å²) in [4.78, 5) is 44.1. The molecule has 0 spiro atoms. The summed E-state index contributed by atoms with van der Waals surface area (Å²) in [6.07, 6.45) is 8.12. The molecule has 11 nitrogen and oxygen atoms in total. The highest BCUT2D eigenvalue weighted by Gasteiger charge is 2.44. The van der Waals surface area contributed by atoms with Gasteiger partial charge in [-0.25, -0.2) is 4.79 Å². The number of carbonyl (C=O) groups is 3. The quantitative estimate of drug-likeness (QED) is 0.140. The second-order valence-corrected chi connectivity index (χ2v) is 18.1. The molecule has 1 aliphatic carbocycles. The van der Waals surface area contributed by atoms with Gasteiger partial charge < -0.3 is 39.2 Å². The Morgan fingerprint density at radius 1 is 0.914 bits per heavy atom. The maximum absolute atomic E-state index is 14.4. The van der Waals surface area contributed by atoms with E-state index >= 15 is 0 Å². The topological polar surface area (TPSA) is 152 Å². The molecule has 0 aromatic heterocycles. The first kappa shape index (κ1) is 49.7. The van der Waals surface area contributed by atoms with Crippen LogP contribution >= 0.6 is 0 Å². The number of aliphatic hydroxyl groups excluding tert-OH is 2. The Bertz CT molecular complexity index is 1450. The molecule has 3 rings (SSSR count). The van der Waals surface area contributed by atoms with Crippen molar-refractivity contribution in [1.29, 1.82) is 0 Å². The van der Waals surface area contributed by atoms with E-state index in [1.807, 2.05) is 32.9 Å². The molecule has 0 aromatic rings. The van der Waals surface area contributed by atoms with Crippen LogP contribution in [0.15, 0.2) is 48.1 Å². The summed E-state index contributed by atoms with van der Waals surface area (Å²) in [5, 5.41) is 34.2. The molecular formula is C47H77NO10. The fourth-order valence-corrected chi connectivity index (χ4v) is 9.47. The number of allylic oxidation sites excluding steroid dienone is 4. The summed E-state index contributed by atoms with van der Waals surface area (Å²) in [5.41, 5.74) is 0.153. The number of methoxy groups -OCH3 is 3. The highest BCUT2D eigenvalue weighted by molar-refractivity contribution is 5.97. The average Bonchev–Trinajstić information content (AvgIpc) is 3.19. The minimum Gasteiger partial charge on any atom is -0.456 e. The molecule has 2 fully saturated rings. The number of piperidine rings is 1. The number of cyclic esters (lactones) is 1. The van der Waals surface area contributed by atoms with Crippen LogP contribution in [0.1, 0.15) is 119 Å². The van der Waals surface area contributed by atoms with E-state index in [0.717, 1.165) is 18.4 Å². The molecule has 2 aliphatic heterocycles. The van der Waals surface area contributed by atoms with Crippen molar-refractivity contribution in [3.05, 3.63) is 48.1 Å². The Hall–Kier alpha value is -2.67. The number of hydrogen-bond donors (Lipinski definition) is 3. The molecule has 58 heavy (non-hydrogen) atoms. The van der Waals surface area contributed by atoms with Gasteiger partial charge in [0, 0.05) is 57.6 Å². The highest BCUT2D eigenvalue weighted by atomic mass is 16.5. The van der Waals surface area contributed by atoms with E-state index in [1.54, 1.807) is 41.3 Å². The number of Topliss-reactive ketones (excluding diaryl/α,β-unsaturated/α-hetero) is 1. The number of ether oxygens (including phenoxy) is 4. The minimum absolute atomic E-state index is 0.00374. The van der Waals surface area contributed by atoms with Crippen molar-refractivity contribution < 1.29 is 48.7 Å². The first-order valence-electron chi connectivity index (χ1n) is 21.7. The second-order valence-electron chi connectivity index (χ2n) is 18.1. The Morgan fingerprint density at radius 2 is 1.55 bits per heavy atom. The van der Waals surface area contributed by atoms with Gasteiger partial charge in [-0.3, -0.25) is 9.59 Å². The van der Waals surface area contributed by atoms with Crippen LogP contribution in [-0.2, 0) is 33.3 Å². The zero-order valence-corrected chi connectivity index (χ0v) is 37.3. The third kappa shape index (κ3) is 12.9. The van der Waals surface area contributed by atoms with Gasteiger partial charge in [0.25, 0.3) is 5.91 Å². The van der Waals surface area contributed by atoms with Gasteiger partial charge in [0.1, 0.15) is 17.9 Å². The third-order valence-electron chi connectivity index (χ3n) is 13.6. The Labute approximate surface area is 349 Å². The van der Waals surface area contributed by atoms with Crippen LogP contribution in [-0.4, -0.2) is 114 Å². The standard InChI is InChI=1S/C47H77NO10/c1-13-16-36-22-28(2)21-29(3)23-41(55-10)33(7)42(56-11)25-31(5)47(9,54)34(8)45(52)48-20-15-14-17-37(48)46(53)58-44(32(6)39(50)27-40(36)51)30(4)24-35-18-19-38(49)43(26-35)57-12/h13,22,24,29,31-33,35-39,41-44,49-50,54H,1,8,14-21,23,25-27H2,2-7,9-12H3/b28-22+,30-24+/t29-,31+,32+,33+,35-,36+,37-,38+,39-,41-,42-,43+,44?,47-/m0/s1. The van der Waals surface area contributed by atoms with E-state index in [2.05, 4.69) is 27.0 Å². The number of amides is 1. The van der Waals surface area contributed by atoms with Crippen molar-refractivity contribution in [1.82, 2.24) is 4.90 Å². The van der Waals surface area contributed by atoms with Crippen molar-refractivity contribution in [2.45, 2.75) is 167 Å². The largest absolute Gasteiger partial charge is 0.456 e. The molecule has 330 valence electrons. The summed E-state index contributed by atoms with van der Waals surface area (Å²) in [7, 11) is 4.93. The van der Waals surface area contributed by atoms with Crippen molar-refractivity contribution in [2.75, 3.05) is 27.9 Å². The van der Waals surface area contributed by atoms with Crippen molar-refractivity contribution in [3.8, 4) is 0 Å². The lowest BCUT2D eigenvalue weighted by Gasteiger charge is -2.41. The van der Waals surface area contributed by atoms with E-state index < -0.39 is 59.6 Å². The molecule has 1 unspecified atom stereocenters. The number of ketones is 1. The zero-order chi connectivity index (χ0) is 43.5. The Balaban J connectivity index is 2.10. The molecule has 3 aliphatic rings. The maximum Gasteiger partial charge on any atom is 0.329 e. The number of fused-ring (bicyclic) bond motifs is 1. The SMILES string of the molecule is C=CC[C@@H]1/C=C(\C)C[C@H](C)C[C@H](OC)[C@@H](C)[C@@H](OC)C[C@@H](C)[C@](C)(O)C(=C)C(=O)N2CCCC[C@H]2C(=O)OC(/C(C)=C/[C@@H]2CC[C@@H](O)[C@H](OC)C2)[C@H](C)[C@@H](O)CC1=O. The first-order valence-corrected chi connectivity index (χ1v) is 21.7. The molecule has 0 radical (unpaired) electrons. The van der Waals surface area contributed by atoms with E-state index in [4.69, 9.17) is 18.9 Å². The number of carbonyl (C=O) groups excluding carboxylic acids is 3. The van der Waals surface area contributed by atoms with Gasteiger partial charge >= 0.3 is 5.97 Å². The van der Waals surface area contributed by atoms with Crippen molar-refractivity contribution in [2.24, 2.45) is 35.5 Å². The van der Waals surface area contributed by atoms with Crippen LogP contribution in [0.3, 0.4) is 0 Å². The fourth-order valence-electron chi connectivity index (χ4n) is 9.47. The fraction of sp³-hybridized carbons (Fsp3) is 0.766. The monoisotopic (exact) mass is 816 g/mol. The Morgan fingerprint density at radius 3 is 2.17 bits per heavy atom. The molecule has 11 heteroatoms. The molecule has 3 N–H and O–H groups in total. The summed E-state index contributed by atoms with van der Waals surface area (Å²) in [6.45, 7) is 21.7. The third-order valence-corrected chi connectivity index (χ3v) is 13.6. The lowest BCUT2D eigenvalue weighted by molar-refractivity contribution is -0.163. The van der Waals surface area contributed by atoms with Crippen LogP contribution in [0.4, 0.5) is 0 Å². The lowest BCUT2D eigenvalue weighted by Crippen LogP contribution is -2.53. The average molecular weight is 816 g/mol. The van der Waals surface area contributed by atoms with Gasteiger partial charge in [0.05, 0.1) is 36.1 Å². The molecule has 1 saturated heterocycles. The maximum atomic E-state index is 14.4. The normalized spacial score (nSPS) is 39.9. The second kappa shape index (κ2) is 22.8. The van der Waals surface area contributed by atoms with Crippen LogP contribution in [0.2, 0.25) is 0 Å². The summed E-state index contributed by atoms with van der Waals surface area (Å²) in [6, 6.07) is -0.934. The van der Waals surface area contributed by atoms with Crippen LogP contribution in [0.25, 0.3) is 0 Å². The predicted molar refractivity (Wildman–Crippen MR) is 227 cm³/mol. The number of nitrogens with zero attached hydrogens (tertiary/aromatic N) is 1. The van der Waals surface area contributed by atoms with Crippen LogP contribution in [0.5, 0.6) is 0 Å². The van der Waals surface area contributed by atoms with E-state index in [9.17, 15) is 29.7 Å². The predicted octanol–water partition coefficient (Wildman–Crippen LogP) is 6.93. The van der Waals surface area contributed by atoms with Gasteiger partial charge in [-0.2, -0.15) is 0 Å². The van der Waals surface area contributed by atoms with E-state index in [0.29, 0.717) is 63.5 Å². The van der Waals surface area contributed by atoms with Crippen molar-refractivity contribution >= 4 is 17.7 Å². The van der Waals surface area contributed by atoms with Gasteiger partial charge in [-0.05, 0) is 108 Å². The van der Waals surface area contributed by atoms with E-state index in [-0.39, 0.29) is 53.8 Å². The summed E-state index contributed by atoms with van der Waals surface area (Å²) < 4.78 is 24.0. The van der Waals surface area contributed by atoms with Gasteiger partial charge in [0.2, 0.25) is 0 Å². The van der Waals surface area contributed by atoms with Crippen LogP contribution < -0.4 is 0 Å². The molecule has 1 amide bonds. The van der Waals surface area contributed by atoms with Gasteiger partial charge in [-0.1, -0.05) is 58.1 Å². The number of hydrogen-bond acceptors (Lipinski definition) is 10.